The Labute approximate surface area is 85.7 Å². The number of nitrogens with zero attached hydrogens (tertiary/aromatic N) is 1. The molecule has 4 nitrogen and oxygen atoms in total. The number of carbonyl (C=O) groups excluding carboxylic acids is 1. The molecule has 0 aliphatic carbocycles. The summed E-state index contributed by atoms with van der Waals surface area (Å²) < 4.78 is 0. The fraction of sp³-hybridized carbons (Fsp3) is 0. The molecule has 0 unspecified atom stereocenters. The Balaban J connectivity index is 0.000001000. The van der Waals surface area contributed by atoms with Gasteiger partial charge in [-0.25, -0.2) is 0 Å². The molecule has 0 spiro atoms. The number of aromatic hydroxyl groups is 1. The Bertz CT molecular complexity index is 265. The second-order valence-electron chi connectivity index (χ2n) is 1.80. The minimum absolute atomic E-state index is 0. The second kappa shape index (κ2) is 4.33. The van der Waals surface area contributed by atoms with Gasteiger partial charge in [0.2, 0.25) is 5.91 Å². The van der Waals surface area contributed by atoms with Gasteiger partial charge in [-0.05, 0) is 6.07 Å². The van der Waals surface area contributed by atoms with Gasteiger partial charge in [-0.2, -0.15) is 0 Å². The first-order valence-electron chi connectivity index (χ1n) is 2.64. The maximum absolute atomic E-state index is 10.4. The van der Waals surface area contributed by atoms with E-state index in [-0.39, 0.29) is 40.9 Å². The van der Waals surface area contributed by atoms with Crippen LogP contribution in [0.25, 0.3) is 0 Å². The molecule has 0 aromatic carbocycles. The van der Waals surface area contributed by atoms with Crippen molar-refractivity contribution < 1.29 is 39.5 Å². The molecule has 11 heavy (non-hydrogen) atoms. The third kappa shape index (κ3) is 2.88. The largest absolute Gasteiger partial charge is 1.00 e. The van der Waals surface area contributed by atoms with E-state index in [2.05, 4.69) is 4.98 Å². The number of primary amides is 1. The topological polar surface area (TPSA) is 76.2 Å². The maximum atomic E-state index is 10.4. The van der Waals surface area contributed by atoms with Crippen molar-refractivity contribution >= 4 is 5.91 Å². The number of nitrogens with two attached hydrogens (primary N) is 1. The summed E-state index contributed by atoms with van der Waals surface area (Å²) in [6.45, 7) is 0. The molecule has 0 fully saturated rings. The van der Waals surface area contributed by atoms with Crippen molar-refractivity contribution in [3.8, 4) is 5.75 Å². The van der Waals surface area contributed by atoms with E-state index in [9.17, 15) is 4.79 Å². The van der Waals surface area contributed by atoms with Gasteiger partial charge >= 0.3 is 29.6 Å². The minimum Gasteiger partial charge on any atom is -0.506 e. The van der Waals surface area contributed by atoms with Gasteiger partial charge in [0.15, 0.2) is 0 Å². The molecule has 3 N–H and O–H groups in total. The first-order valence-corrected chi connectivity index (χ1v) is 2.64. The van der Waals surface area contributed by atoms with Crippen LogP contribution in [-0.2, 0) is 0 Å². The summed E-state index contributed by atoms with van der Waals surface area (Å²) >= 11 is 0. The van der Waals surface area contributed by atoms with Crippen LogP contribution in [0.4, 0.5) is 0 Å². The van der Waals surface area contributed by atoms with E-state index in [0.717, 1.165) is 0 Å². The van der Waals surface area contributed by atoms with E-state index in [1.165, 1.54) is 18.5 Å². The minimum atomic E-state index is -0.594. The fourth-order valence-electron chi connectivity index (χ4n) is 0.563. The van der Waals surface area contributed by atoms with Crippen LogP contribution in [0, 0.1) is 0 Å². The molecule has 0 aliphatic rings. The monoisotopic (exact) mass is 161 g/mol. The Morgan fingerprint density at radius 1 is 1.55 bits per heavy atom. The molecule has 0 saturated heterocycles. The van der Waals surface area contributed by atoms with E-state index in [1.54, 1.807) is 0 Å². The van der Waals surface area contributed by atoms with Gasteiger partial charge in [-0.1, -0.05) is 0 Å². The standard InChI is InChI=1S/C6H6N2O2.Na/c7-6(10)4-1-5(9)3-8-2-4;/h1-3,9H,(H2,7,10);/q;+1. The molecule has 1 aromatic heterocycles. The molecule has 0 bridgehead atoms. The molecule has 0 saturated carbocycles. The zero-order chi connectivity index (χ0) is 7.56. The molecule has 52 valence electrons. The number of carbonyl (C=O) groups is 1. The number of aromatic nitrogens is 1. The van der Waals surface area contributed by atoms with Gasteiger partial charge < -0.3 is 10.8 Å². The van der Waals surface area contributed by atoms with Crippen molar-refractivity contribution in [1.82, 2.24) is 4.98 Å². The Morgan fingerprint density at radius 3 is 2.55 bits per heavy atom. The summed E-state index contributed by atoms with van der Waals surface area (Å²) in [6.07, 6.45) is 2.52. The quantitative estimate of drug-likeness (QED) is 0.428. The Hall–Kier alpha value is -0.580. The van der Waals surface area contributed by atoms with Gasteiger partial charge in [-0.15, -0.1) is 0 Å². The van der Waals surface area contributed by atoms with Crippen LogP contribution in [-0.4, -0.2) is 16.0 Å². The van der Waals surface area contributed by atoms with Gasteiger partial charge in [0.05, 0.1) is 11.8 Å². The van der Waals surface area contributed by atoms with E-state index in [4.69, 9.17) is 10.8 Å². The van der Waals surface area contributed by atoms with Crippen molar-refractivity contribution in [3.05, 3.63) is 24.0 Å². The zero-order valence-electron chi connectivity index (χ0n) is 6.11. The van der Waals surface area contributed by atoms with Crippen LogP contribution in [0.2, 0.25) is 0 Å². The second-order valence-corrected chi connectivity index (χ2v) is 1.80. The van der Waals surface area contributed by atoms with E-state index < -0.39 is 5.91 Å². The summed E-state index contributed by atoms with van der Waals surface area (Å²) in [7, 11) is 0. The van der Waals surface area contributed by atoms with Gasteiger partial charge in [0.25, 0.3) is 0 Å². The molecule has 1 heterocycles. The van der Waals surface area contributed by atoms with Crippen LogP contribution in [0.5, 0.6) is 5.75 Å². The Kier molecular flexibility index (Phi) is 4.10. The molecule has 5 heteroatoms. The number of hydrogen-bond acceptors (Lipinski definition) is 3. The summed E-state index contributed by atoms with van der Waals surface area (Å²) in [4.78, 5) is 14.0. The van der Waals surface area contributed by atoms with Crippen LogP contribution < -0.4 is 35.3 Å². The molecule has 1 aromatic rings. The fourth-order valence-corrected chi connectivity index (χ4v) is 0.563. The van der Waals surface area contributed by atoms with E-state index in [1.807, 2.05) is 0 Å². The summed E-state index contributed by atoms with van der Waals surface area (Å²) in [5.41, 5.74) is 5.10. The number of rotatable bonds is 1. The van der Waals surface area contributed by atoms with Gasteiger partial charge in [-0.3, -0.25) is 9.78 Å². The molecule has 0 radical (unpaired) electrons. The van der Waals surface area contributed by atoms with Crippen molar-refractivity contribution in [2.45, 2.75) is 0 Å². The SMILES string of the molecule is NC(=O)c1cncc(O)c1.[Na+]. The first-order chi connectivity index (χ1) is 4.70. The normalized spacial score (nSPS) is 8.36. The number of pyridine rings is 1. The predicted octanol–water partition coefficient (Wildman–Crippen LogP) is -3.11. The molecular weight excluding hydrogens is 155 g/mol. The van der Waals surface area contributed by atoms with Crippen LogP contribution >= 0.6 is 0 Å². The van der Waals surface area contributed by atoms with Crippen molar-refractivity contribution in [2.24, 2.45) is 5.73 Å². The third-order valence-electron chi connectivity index (χ3n) is 1.01. The van der Waals surface area contributed by atoms with Crippen molar-refractivity contribution in [3.63, 3.8) is 0 Å². The summed E-state index contributed by atoms with van der Waals surface area (Å²) in [5, 5.41) is 8.79. The van der Waals surface area contributed by atoms with Crippen molar-refractivity contribution in [1.29, 1.82) is 0 Å². The molecule has 0 aliphatic heterocycles. The number of amides is 1. The van der Waals surface area contributed by atoms with Crippen LogP contribution in [0.15, 0.2) is 18.5 Å². The third-order valence-corrected chi connectivity index (χ3v) is 1.01. The number of hydrogen-bond donors (Lipinski definition) is 2. The summed E-state index contributed by atoms with van der Waals surface area (Å²) in [6, 6.07) is 1.26. The van der Waals surface area contributed by atoms with Crippen molar-refractivity contribution in [2.75, 3.05) is 0 Å². The average molecular weight is 161 g/mol. The Morgan fingerprint density at radius 2 is 2.18 bits per heavy atom. The summed E-state index contributed by atoms with van der Waals surface area (Å²) in [5.74, 6) is -0.653. The van der Waals surface area contributed by atoms with Crippen LogP contribution in [0.1, 0.15) is 10.4 Å². The molecule has 1 rings (SSSR count). The van der Waals surface area contributed by atoms with Gasteiger partial charge in [0, 0.05) is 6.20 Å². The predicted molar refractivity (Wildman–Crippen MR) is 34.4 cm³/mol. The van der Waals surface area contributed by atoms with E-state index in [0.29, 0.717) is 0 Å². The van der Waals surface area contributed by atoms with Gasteiger partial charge in [0.1, 0.15) is 5.75 Å². The van der Waals surface area contributed by atoms with Crippen LogP contribution in [0.3, 0.4) is 0 Å². The molecular formula is C6H6N2NaO2+. The molecule has 1 amide bonds. The zero-order valence-corrected chi connectivity index (χ0v) is 8.11. The maximum Gasteiger partial charge on any atom is 1.00 e. The smallest absolute Gasteiger partial charge is 0.506 e. The first kappa shape index (κ1) is 10.4. The average Bonchev–Trinajstić information content (AvgIpc) is 1.88. The molecule has 0 atom stereocenters. The van der Waals surface area contributed by atoms with E-state index >= 15 is 0 Å².